The van der Waals surface area contributed by atoms with E-state index in [-0.39, 0.29) is 12.0 Å². The normalized spacial score (nSPS) is 18.4. The Bertz CT molecular complexity index is 1360. The average molecular weight is 463 g/mol. The van der Waals surface area contributed by atoms with Crippen LogP contribution >= 0.6 is 0 Å². The van der Waals surface area contributed by atoms with Crippen molar-refractivity contribution >= 4 is 33.4 Å². The summed E-state index contributed by atoms with van der Waals surface area (Å²) in [4.78, 5) is 13.3. The van der Waals surface area contributed by atoms with Crippen molar-refractivity contribution < 1.29 is 14.3 Å². The van der Waals surface area contributed by atoms with E-state index in [1.165, 1.54) is 6.42 Å². The molecule has 9 heteroatoms. The van der Waals surface area contributed by atoms with E-state index in [4.69, 9.17) is 9.47 Å². The maximum atomic E-state index is 13.3. The third-order valence-corrected chi connectivity index (χ3v) is 6.51. The number of carbonyl (C=O) groups is 1. The molecule has 9 nitrogen and oxygen atoms in total. The standard InChI is InChI=1S/C25H30N6O3/c1-26-16-6-5-7-17(11-16)34-22-9-8-18(24-19(22)14-31(3)29-24)25(32)27-21-10-15-13-30(2)28-20(15)12-23(21)33-4/h8-10,12-14,16-17,26H,5-7,11H2,1-4H3,(H,27,32). The minimum Gasteiger partial charge on any atom is -0.494 e. The van der Waals surface area contributed by atoms with Crippen LogP contribution in [0.3, 0.4) is 0 Å². The number of rotatable bonds is 6. The van der Waals surface area contributed by atoms with E-state index in [0.717, 1.165) is 41.3 Å². The van der Waals surface area contributed by atoms with Crippen LogP contribution in [0.25, 0.3) is 21.8 Å². The molecule has 178 valence electrons. The molecule has 2 unspecified atom stereocenters. The zero-order valence-electron chi connectivity index (χ0n) is 20.0. The number of methoxy groups -OCH3 is 1. The van der Waals surface area contributed by atoms with Crippen LogP contribution in [0.2, 0.25) is 0 Å². The summed E-state index contributed by atoms with van der Waals surface area (Å²) in [6.07, 6.45) is 8.25. The van der Waals surface area contributed by atoms with Crippen molar-refractivity contribution in [1.82, 2.24) is 24.9 Å². The number of aryl methyl sites for hydroxylation is 2. The first-order valence-corrected chi connectivity index (χ1v) is 11.6. The van der Waals surface area contributed by atoms with Gasteiger partial charge in [-0.1, -0.05) is 0 Å². The summed E-state index contributed by atoms with van der Waals surface area (Å²) in [5.74, 6) is 1.05. The Hall–Kier alpha value is -3.59. The van der Waals surface area contributed by atoms with Crippen LogP contribution in [0.15, 0.2) is 36.7 Å². The average Bonchev–Trinajstić information content (AvgIpc) is 3.39. The van der Waals surface area contributed by atoms with Gasteiger partial charge in [-0.25, -0.2) is 0 Å². The van der Waals surface area contributed by atoms with E-state index in [9.17, 15) is 4.79 Å². The lowest BCUT2D eigenvalue weighted by Gasteiger charge is -2.29. The minimum atomic E-state index is -0.260. The number of carbonyl (C=O) groups excluding carboxylic acids is 1. The highest BCUT2D eigenvalue weighted by Crippen LogP contribution is 2.33. The molecule has 34 heavy (non-hydrogen) atoms. The zero-order valence-corrected chi connectivity index (χ0v) is 20.0. The molecular formula is C25H30N6O3. The van der Waals surface area contributed by atoms with Gasteiger partial charge in [-0.05, 0) is 50.9 Å². The molecule has 2 N–H and O–H groups in total. The molecule has 1 aliphatic rings. The predicted molar refractivity (Wildman–Crippen MR) is 132 cm³/mol. The molecular weight excluding hydrogens is 432 g/mol. The SMILES string of the molecule is CNC1CCCC(Oc2ccc(C(=O)Nc3cc4cn(C)nc4cc3OC)c3nn(C)cc23)C1. The van der Waals surface area contributed by atoms with E-state index in [2.05, 4.69) is 20.8 Å². The second kappa shape index (κ2) is 8.98. The Balaban J connectivity index is 1.44. The summed E-state index contributed by atoms with van der Waals surface area (Å²) < 4.78 is 15.4. The summed E-state index contributed by atoms with van der Waals surface area (Å²) >= 11 is 0. The number of aromatic nitrogens is 4. The summed E-state index contributed by atoms with van der Waals surface area (Å²) in [7, 11) is 7.29. The fraction of sp³-hybridized carbons (Fsp3) is 0.400. The highest BCUT2D eigenvalue weighted by Gasteiger charge is 2.24. The molecule has 4 aromatic rings. The maximum Gasteiger partial charge on any atom is 0.258 e. The Labute approximate surface area is 198 Å². The molecule has 0 radical (unpaired) electrons. The smallest absolute Gasteiger partial charge is 0.258 e. The van der Waals surface area contributed by atoms with Crippen molar-refractivity contribution in [2.45, 2.75) is 37.8 Å². The van der Waals surface area contributed by atoms with Crippen molar-refractivity contribution in [3.05, 3.63) is 42.2 Å². The number of hydrogen-bond donors (Lipinski definition) is 2. The van der Waals surface area contributed by atoms with Gasteiger partial charge in [-0.15, -0.1) is 0 Å². The van der Waals surface area contributed by atoms with Crippen molar-refractivity contribution in [2.24, 2.45) is 14.1 Å². The molecule has 0 saturated heterocycles. The van der Waals surface area contributed by atoms with Crippen LogP contribution in [0.4, 0.5) is 5.69 Å². The van der Waals surface area contributed by atoms with Crippen molar-refractivity contribution in [3.8, 4) is 11.5 Å². The fourth-order valence-corrected chi connectivity index (χ4v) is 4.81. The van der Waals surface area contributed by atoms with Crippen LogP contribution in [-0.2, 0) is 14.1 Å². The summed E-state index contributed by atoms with van der Waals surface area (Å²) in [5.41, 5.74) is 2.47. The van der Waals surface area contributed by atoms with Crippen LogP contribution in [0.5, 0.6) is 11.5 Å². The minimum absolute atomic E-state index is 0.143. The lowest BCUT2D eigenvalue weighted by atomic mass is 9.93. The zero-order chi connectivity index (χ0) is 23.8. The molecule has 1 fully saturated rings. The second-order valence-corrected chi connectivity index (χ2v) is 8.94. The number of ether oxygens (including phenoxy) is 2. The molecule has 2 heterocycles. The molecule has 2 aromatic heterocycles. The van der Waals surface area contributed by atoms with Crippen LogP contribution in [0.1, 0.15) is 36.0 Å². The monoisotopic (exact) mass is 462 g/mol. The fourth-order valence-electron chi connectivity index (χ4n) is 4.81. The van der Waals surface area contributed by atoms with E-state index < -0.39 is 0 Å². The first-order valence-electron chi connectivity index (χ1n) is 11.6. The Morgan fingerprint density at radius 2 is 1.91 bits per heavy atom. The van der Waals surface area contributed by atoms with Crippen LogP contribution in [-0.4, -0.2) is 51.8 Å². The first kappa shape index (κ1) is 22.2. The molecule has 0 spiro atoms. The largest absolute Gasteiger partial charge is 0.494 e. The quantitative estimate of drug-likeness (QED) is 0.454. The van der Waals surface area contributed by atoms with Gasteiger partial charge in [0.05, 0.1) is 29.3 Å². The lowest BCUT2D eigenvalue weighted by Crippen LogP contribution is -2.36. The van der Waals surface area contributed by atoms with Gasteiger partial charge in [0.1, 0.15) is 23.1 Å². The summed E-state index contributed by atoms with van der Waals surface area (Å²) in [6, 6.07) is 7.82. The Morgan fingerprint density at radius 1 is 1.09 bits per heavy atom. The molecule has 0 aliphatic heterocycles. The highest BCUT2D eigenvalue weighted by molar-refractivity contribution is 6.13. The Kier molecular flexibility index (Phi) is 5.87. The molecule has 1 aliphatic carbocycles. The van der Waals surface area contributed by atoms with Crippen LogP contribution in [0, 0.1) is 0 Å². The van der Waals surface area contributed by atoms with Gasteiger partial charge in [0.25, 0.3) is 5.91 Å². The molecule has 0 bridgehead atoms. The number of anilines is 1. The van der Waals surface area contributed by atoms with Gasteiger partial charge in [0.2, 0.25) is 0 Å². The molecule has 1 amide bonds. The number of benzene rings is 2. The van der Waals surface area contributed by atoms with E-state index >= 15 is 0 Å². The predicted octanol–water partition coefficient (Wildman–Crippen LogP) is 3.63. The molecule has 2 atom stereocenters. The number of amides is 1. The van der Waals surface area contributed by atoms with Gasteiger partial charge in [-0.2, -0.15) is 10.2 Å². The highest BCUT2D eigenvalue weighted by atomic mass is 16.5. The maximum absolute atomic E-state index is 13.3. The van der Waals surface area contributed by atoms with Gasteiger partial charge < -0.3 is 20.1 Å². The third kappa shape index (κ3) is 4.19. The lowest BCUT2D eigenvalue weighted by molar-refractivity contribution is 0.102. The van der Waals surface area contributed by atoms with Gasteiger partial charge in [0.15, 0.2) is 0 Å². The second-order valence-electron chi connectivity index (χ2n) is 8.94. The summed E-state index contributed by atoms with van der Waals surface area (Å²) in [5, 5.41) is 17.1. The number of nitrogens with one attached hydrogen (secondary N) is 2. The summed E-state index contributed by atoms with van der Waals surface area (Å²) in [6.45, 7) is 0. The number of hydrogen-bond acceptors (Lipinski definition) is 6. The Morgan fingerprint density at radius 3 is 2.71 bits per heavy atom. The van der Waals surface area contributed by atoms with Crippen LogP contribution < -0.4 is 20.1 Å². The topological polar surface area (TPSA) is 95.2 Å². The van der Waals surface area contributed by atoms with E-state index in [1.807, 2.05) is 51.7 Å². The van der Waals surface area contributed by atoms with Crippen molar-refractivity contribution in [1.29, 1.82) is 0 Å². The molecule has 5 rings (SSSR count). The third-order valence-electron chi connectivity index (χ3n) is 6.51. The van der Waals surface area contributed by atoms with Gasteiger partial charge in [0, 0.05) is 44.0 Å². The van der Waals surface area contributed by atoms with E-state index in [0.29, 0.717) is 28.6 Å². The first-order chi connectivity index (χ1) is 16.4. The number of fused-ring (bicyclic) bond motifs is 2. The van der Waals surface area contributed by atoms with Crippen molar-refractivity contribution in [2.75, 3.05) is 19.5 Å². The molecule has 2 aromatic carbocycles. The van der Waals surface area contributed by atoms with Gasteiger partial charge in [-0.3, -0.25) is 14.2 Å². The van der Waals surface area contributed by atoms with Crippen molar-refractivity contribution in [3.63, 3.8) is 0 Å². The molecule has 1 saturated carbocycles. The van der Waals surface area contributed by atoms with E-state index in [1.54, 1.807) is 22.5 Å². The van der Waals surface area contributed by atoms with Gasteiger partial charge >= 0.3 is 0 Å². The number of nitrogens with zero attached hydrogens (tertiary/aromatic N) is 4.